The van der Waals surface area contributed by atoms with E-state index < -0.39 is 28.5 Å². The third kappa shape index (κ3) is 5.29. The number of para-hydroxylation sites is 1. The second-order valence-electron chi connectivity index (χ2n) is 7.79. The molecule has 4 aromatic rings. The van der Waals surface area contributed by atoms with Gasteiger partial charge in [0, 0.05) is 24.2 Å². The van der Waals surface area contributed by atoms with E-state index in [2.05, 4.69) is 10.3 Å². The molecule has 4 rings (SSSR count). The van der Waals surface area contributed by atoms with E-state index in [1.807, 2.05) is 0 Å². The number of furan rings is 1. The number of hydrogen-bond acceptors (Lipinski definition) is 7. The van der Waals surface area contributed by atoms with Crippen molar-refractivity contribution in [3.63, 3.8) is 0 Å². The summed E-state index contributed by atoms with van der Waals surface area (Å²) in [5, 5.41) is 3.16. The number of fused-ring (bicyclic) bond motifs is 1. The smallest absolute Gasteiger partial charge is 0.339 e. The second-order valence-corrected chi connectivity index (χ2v) is 9.73. The maximum absolute atomic E-state index is 12.9. The molecule has 0 saturated heterocycles. The van der Waals surface area contributed by atoms with Crippen molar-refractivity contribution in [2.75, 3.05) is 25.0 Å². The molecule has 0 unspecified atom stereocenters. The van der Waals surface area contributed by atoms with Crippen LogP contribution in [-0.2, 0) is 19.6 Å². The number of nitrogens with one attached hydrogen (secondary N) is 1. The molecule has 186 valence electrons. The molecule has 1 N–H and O–H groups in total. The zero-order valence-electron chi connectivity index (χ0n) is 19.8. The molecule has 0 aliphatic heterocycles. The van der Waals surface area contributed by atoms with E-state index in [1.165, 1.54) is 28.8 Å². The topological polar surface area (TPSA) is 119 Å². The molecule has 0 fully saturated rings. The minimum absolute atomic E-state index is 0.0645. The van der Waals surface area contributed by atoms with Crippen LogP contribution in [0.3, 0.4) is 0 Å². The first-order valence-electron chi connectivity index (χ1n) is 11.3. The predicted octanol–water partition coefficient (Wildman–Crippen LogP) is 4.32. The molecular formula is C26H25N3O6S. The lowest BCUT2D eigenvalue weighted by Gasteiger charge is -2.18. The highest BCUT2D eigenvalue weighted by Gasteiger charge is 2.22. The van der Waals surface area contributed by atoms with Gasteiger partial charge in [0.15, 0.2) is 12.4 Å². The molecule has 0 saturated carbocycles. The first-order valence-corrected chi connectivity index (χ1v) is 12.8. The molecule has 9 nitrogen and oxygen atoms in total. The standard InChI is InChI=1S/C26H25N3O6S/c1-3-29(4-2)36(32,33)19-10-7-9-18(15-19)27-25(30)17-35-26(31)21-16-23(24-13-8-14-34-24)28-22-12-6-5-11-20(21)22/h5-16H,3-4,17H2,1-2H3,(H,27,30). The summed E-state index contributed by atoms with van der Waals surface area (Å²) in [6.07, 6.45) is 1.51. The highest BCUT2D eigenvalue weighted by molar-refractivity contribution is 7.89. The molecular weight excluding hydrogens is 482 g/mol. The third-order valence-corrected chi connectivity index (χ3v) is 7.55. The summed E-state index contributed by atoms with van der Waals surface area (Å²) in [5.41, 5.74) is 1.56. The molecule has 0 aliphatic carbocycles. The lowest BCUT2D eigenvalue weighted by atomic mass is 10.1. The van der Waals surface area contributed by atoms with Crippen LogP contribution >= 0.6 is 0 Å². The van der Waals surface area contributed by atoms with Gasteiger partial charge < -0.3 is 14.5 Å². The van der Waals surface area contributed by atoms with Gasteiger partial charge in [0.25, 0.3) is 5.91 Å². The van der Waals surface area contributed by atoms with Crippen LogP contribution in [0.4, 0.5) is 5.69 Å². The Labute approximate surface area is 208 Å². The number of sulfonamides is 1. The van der Waals surface area contributed by atoms with Crippen molar-refractivity contribution in [3.8, 4) is 11.5 Å². The van der Waals surface area contributed by atoms with Gasteiger partial charge in [-0.15, -0.1) is 0 Å². The summed E-state index contributed by atoms with van der Waals surface area (Å²) in [6, 6.07) is 18.0. The van der Waals surface area contributed by atoms with Gasteiger partial charge in [-0.25, -0.2) is 18.2 Å². The zero-order valence-corrected chi connectivity index (χ0v) is 20.6. The Morgan fingerprint density at radius 3 is 2.50 bits per heavy atom. The second kappa shape index (κ2) is 10.7. The fourth-order valence-electron chi connectivity index (χ4n) is 3.75. The van der Waals surface area contributed by atoms with Crippen LogP contribution in [0.1, 0.15) is 24.2 Å². The fraction of sp³-hybridized carbons (Fsp3) is 0.192. The molecule has 0 aliphatic rings. The highest BCUT2D eigenvalue weighted by atomic mass is 32.2. The first kappa shape index (κ1) is 25.1. The zero-order chi connectivity index (χ0) is 25.7. The van der Waals surface area contributed by atoms with Gasteiger partial charge in [-0.3, -0.25) is 4.79 Å². The number of hydrogen-bond donors (Lipinski definition) is 1. The van der Waals surface area contributed by atoms with Gasteiger partial charge in [-0.2, -0.15) is 4.31 Å². The molecule has 36 heavy (non-hydrogen) atoms. The Kier molecular flexibility index (Phi) is 7.47. The molecule has 0 bridgehead atoms. The lowest BCUT2D eigenvalue weighted by molar-refractivity contribution is -0.119. The summed E-state index contributed by atoms with van der Waals surface area (Å²) in [4.78, 5) is 30.0. The van der Waals surface area contributed by atoms with Crippen LogP contribution in [0, 0.1) is 0 Å². The fourth-order valence-corrected chi connectivity index (χ4v) is 5.25. The van der Waals surface area contributed by atoms with Gasteiger partial charge in [0.05, 0.1) is 22.2 Å². The largest absolute Gasteiger partial charge is 0.463 e. The number of aromatic nitrogens is 1. The molecule has 2 aromatic heterocycles. The van der Waals surface area contributed by atoms with Crippen LogP contribution in [-0.4, -0.2) is 49.3 Å². The minimum atomic E-state index is -3.68. The molecule has 0 spiro atoms. The number of anilines is 1. The van der Waals surface area contributed by atoms with Crippen LogP contribution in [0.25, 0.3) is 22.4 Å². The number of carbonyl (C=O) groups is 2. The van der Waals surface area contributed by atoms with Gasteiger partial charge >= 0.3 is 5.97 Å². The van der Waals surface area contributed by atoms with E-state index in [9.17, 15) is 18.0 Å². The van der Waals surface area contributed by atoms with Crippen molar-refractivity contribution in [1.29, 1.82) is 0 Å². The number of pyridine rings is 1. The molecule has 1 amide bonds. The quantitative estimate of drug-likeness (QED) is 0.335. The maximum Gasteiger partial charge on any atom is 0.339 e. The van der Waals surface area contributed by atoms with E-state index >= 15 is 0 Å². The van der Waals surface area contributed by atoms with E-state index in [-0.39, 0.29) is 16.1 Å². The van der Waals surface area contributed by atoms with E-state index in [0.29, 0.717) is 35.4 Å². The Balaban J connectivity index is 1.48. The van der Waals surface area contributed by atoms with Crippen molar-refractivity contribution < 1.29 is 27.2 Å². The lowest BCUT2D eigenvalue weighted by Crippen LogP contribution is -2.30. The number of carbonyl (C=O) groups excluding carboxylic acids is 2. The van der Waals surface area contributed by atoms with E-state index in [1.54, 1.807) is 62.4 Å². The average Bonchev–Trinajstić information content (AvgIpc) is 3.42. The van der Waals surface area contributed by atoms with Crippen LogP contribution in [0.2, 0.25) is 0 Å². The SMILES string of the molecule is CCN(CC)S(=O)(=O)c1cccc(NC(=O)COC(=O)c2cc(-c3ccco3)nc3ccccc23)c1. The monoisotopic (exact) mass is 507 g/mol. The predicted molar refractivity (Wildman–Crippen MR) is 135 cm³/mol. The minimum Gasteiger partial charge on any atom is -0.463 e. The number of esters is 1. The molecule has 2 heterocycles. The summed E-state index contributed by atoms with van der Waals surface area (Å²) < 4.78 is 37.5. The van der Waals surface area contributed by atoms with Gasteiger partial charge in [0.2, 0.25) is 10.0 Å². The maximum atomic E-state index is 12.9. The van der Waals surface area contributed by atoms with Gasteiger partial charge in [-0.05, 0) is 42.5 Å². The number of rotatable bonds is 9. The average molecular weight is 508 g/mol. The molecule has 0 atom stereocenters. The molecule has 0 radical (unpaired) electrons. The summed E-state index contributed by atoms with van der Waals surface area (Å²) >= 11 is 0. The summed E-state index contributed by atoms with van der Waals surface area (Å²) in [7, 11) is -3.68. The third-order valence-electron chi connectivity index (χ3n) is 5.51. The number of amides is 1. The van der Waals surface area contributed by atoms with Crippen molar-refractivity contribution in [1.82, 2.24) is 9.29 Å². The number of ether oxygens (including phenoxy) is 1. The van der Waals surface area contributed by atoms with Crippen molar-refractivity contribution in [2.45, 2.75) is 18.7 Å². The normalized spacial score (nSPS) is 11.5. The van der Waals surface area contributed by atoms with Gasteiger partial charge in [-0.1, -0.05) is 38.1 Å². The van der Waals surface area contributed by atoms with Crippen LogP contribution < -0.4 is 5.32 Å². The number of benzene rings is 2. The van der Waals surface area contributed by atoms with Gasteiger partial charge in [0.1, 0.15) is 5.69 Å². The number of nitrogens with zero attached hydrogens (tertiary/aromatic N) is 2. The van der Waals surface area contributed by atoms with Crippen LogP contribution in [0.15, 0.2) is 82.3 Å². The Bertz CT molecular complexity index is 1500. The highest BCUT2D eigenvalue weighted by Crippen LogP contribution is 2.26. The van der Waals surface area contributed by atoms with E-state index in [0.717, 1.165) is 0 Å². The molecule has 2 aromatic carbocycles. The van der Waals surface area contributed by atoms with Crippen LogP contribution in [0.5, 0.6) is 0 Å². The van der Waals surface area contributed by atoms with Crippen molar-refractivity contribution in [3.05, 3.63) is 78.6 Å². The molecule has 10 heteroatoms. The summed E-state index contributed by atoms with van der Waals surface area (Å²) in [6.45, 7) is 3.61. The Morgan fingerprint density at radius 2 is 1.78 bits per heavy atom. The van der Waals surface area contributed by atoms with Crippen molar-refractivity contribution >= 4 is 38.5 Å². The van der Waals surface area contributed by atoms with Crippen molar-refractivity contribution in [2.24, 2.45) is 0 Å². The summed E-state index contributed by atoms with van der Waals surface area (Å²) in [5.74, 6) is -0.813. The van der Waals surface area contributed by atoms with E-state index in [4.69, 9.17) is 9.15 Å². The Hall–Kier alpha value is -4.02. The first-order chi connectivity index (χ1) is 17.3. The Morgan fingerprint density at radius 1 is 1.00 bits per heavy atom.